The predicted octanol–water partition coefficient (Wildman–Crippen LogP) is -2.96. The predicted molar refractivity (Wildman–Crippen MR) is 92.0 cm³/mol. The molecule has 4 aliphatic rings. The molecule has 0 spiro atoms. The number of rotatable bonds is 5. The smallest absolute Gasteiger partial charge is 0.245 e. The van der Waals surface area contributed by atoms with Crippen molar-refractivity contribution in [2.24, 2.45) is 11.8 Å². The van der Waals surface area contributed by atoms with Crippen molar-refractivity contribution in [2.45, 2.75) is 87.5 Å². The molecule has 0 radical (unpaired) electrons. The van der Waals surface area contributed by atoms with E-state index in [1.165, 1.54) is 6.92 Å². The minimum absolute atomic E-state index is 0.00873. The SMILES string of the molecule is CC(C)O[C@@H]1OC2COC([C@@H]2O[C@@H]2OC(CO)C(O)[C@H]3C(C2O)C3(C)O)C1(O)O. The van der Waals surface area contributed by atoms with Crippen molar-refractivity contribution < 1.29 is 54.3 Å². The van der Waals surface area contributed by atoms with Crippen molar-refractivity contribution in [3.8, 4) is 0 Å². The summed E-state index contributed by atoms with van der Waals surface area (Å²) in [5.74, 6) is -3.93. The van der Waals surface area contributed by atoms with Crippen molar-refractivity contribution >= 4 is 0 Å². The van der Waals surface area contributed by atoms with Crippen LogP contribution < -0.4 is 0 Å². The molecular formula is C18H30O11. The highest BCUT2D eigenvalue weighted by Crippen LogP contribution is 2.57. The average Bonchev–Trinajstić information content (AvgIpc) is 3.07. The Morgan fingerprint density at radius 2 is 1.72 bits per heavy atom. The van der Waals surface area contributed by atoms with Gasteiger partial charge in [-0.05, 0) is 20.8 Å². The summed E-state index contributed by atoms with van der Waals surface area (Å²) in [6.45, 7) is 4.39. The Balaban J connectivity index is 1.53. The number of aliphatic hydroxyl groups is 6. The van der Waals surface area contributed by atoms with E-state index in [4.69, 9.17) is 23.7 Å². The molecule has 7 unspecified atom stereocenters. The van der Waals surface area contributed by atoms with Crippen molar-refractivity contribution in [3.63, 3.8) is 0 Å². The Morgan fingerprint density at radius 1 is 1.07 bits per heavy atom. The maximum absolute atomic E-state index is 10.7. The molecule has 168 valence electrons. The normalized spacial score (nSPS) is 53.6. The Labute approximate surface area is 167 Å². The molecule has 6 N–H and O–H groups in total. The van der Waals surface area contributed by atoms with Crippen molar-refractivity contribution in [2.75, 3.05) is 13.2 Å². The first kappa shape index (κ1) is 21.8. The van der Waals surface area contributed by atoms with Crippen LogP contribution in [0.3, 0.4) is 0 Å². The van der Waals surface area contributed by atoms with Crippen LogP contribution >= 0.6 is 0 Å². The molecule has 3 aliphatic heterocycles. The second-order valence-corrected chi connectivity index (χ2v) is 8.81. The molecular weight excluding hydrogens is 392 g/mol. The highest BCUT2D eigenvalue weighted by molar-refractivity contribution is 5.18. The fourth-order valence-electron chi connectivity index (χ4n) is 4.83. The van der Waals surface area contributed by atoms with Gasteiger partial charge in [-0.15, -0.1) is 0 Å². The van der Waals surface area contributed by atoms with E-state index < -0.39 is 79.0 Å². The van der Waals surface area contributed by atoms with Crippen LogP contribution in [0.4, 0.5) is 0 Å². The van der Waals surface area contributed by atoms with Crippen LogP contribution in [0, 0.1) is 11.8 Å². The summed E-state index contributed by atoms with van der Waals surface area (Å²) in [6, 6.07) is 0. The third-order valence-corrected chi connectivity index (χ3v) is 6.37. The van der Waals surface area contributed by atoms with E-state index >= 15 is 0 Å². The Morgan fingerprint density at radius 3 is 2.34 bits per heavy atom. The maximum Gasteiger partial charge on any atom is 0.245 e. The van der Waals surface area contributed by atoms with Crippen molar-refractivity contribution in [3.05, 3.63) is 0 Å². The topological polar surface area (TPSA) is 168 Å². The fraction of sp³-hybridized carbons (Fsp3) is 1.00. The summed E-state index contributed by atoms with van der Waals surface area (Å²) in [6.07, 6.45) is -9.62. The van der Waals surface area contributed by atoms with E-state index in [0.29, 0.717) is 0 Å². The van der Waals surface area contributed by atoms with E-state index in [1.807, 2.05) is 0 Å². The average molecular weight is 422 g/mol. The number of ether oxygens (including phenoxy) is 5. The van der Waals surface area contributed by atoms with Crippen LogP contribution in [0.2, 0.25) is 0 Å². The Bertz CT molecular complexity index is 611. The van der Waals surface area contributed by atoms with Gasteiger partial charge in [0.15, 0.2) is 6.29 Å². The first-order valence-corrected chi connectivity index (χ1v) is 9.87. The molecule has 3 heterocycles. The molecule has 29 heavy (non-hydrogen) atoms. The molecule has 11 heteroatoms. The van der Waals surface area contributed by atoms with Crippen LogP contribution in [0.1, 0.15) is 20.8 Å². The van der Waals surface area contributed by atoms with Gasteiger partial charge in [-0.3, -0.25) is 0 Å². The zero-order valence-corrected chi connectivity index (χ0v) is 16.5. The molecule has 2 bridgehead atoms. The first-order valence-electron chi connectivity index (χ1n) is 9.87. The lowest BCUT2D eigenvalue weighted by Gasteiger charge is -2.44. The van der Waals surface area contributed by atoms with E-state index in [0.717, 1.165) is 0 Å². The molecule has 1 aliphatic carbocycles. The lowest BCUT2D eigenvalue weighted by atomic mass is 9.98. The van der Waals surface area contributed by atoms with Crippen LogP contribution in [-0.2, 0) is 23.7 Å². The van der Waals surface area contributed by atoms with Crippen molar-refractivity contribution in [1.82, 2.24) is 0 Å². The molecule has 11 atom stereocenters. The Kier molecular flexibility index (Phi) is 5.49. The van der Waals surface area contributed by atoms with E-state index in [2.05, 4.69) is 0 Å². The van der Waals surface area contributed by atoms with Gasteiger partial charge in [-0.25, -0.2) is 0 Å². The second-order valence-electron chi connectivity index (χ2n) is 8.81. The first-order chi connectivity index (χ1) is 13.5. The molecule has 1 saturated carbocycles. The quantitative estimate of drug-likeness (QED) is 0.250. The van der Waals surface area contributed by atoms with Crippen molar-refractivity contribution in [1.29, 1.82) is 0 Å². The third kappa shape index (κ3) is 3.42. The third-order valence-electron chi connectivity index (χ3n) is 6.37. The largest absolute Gasteiger partial charge is 0.394 e. The fourth-order valence-corrected chi connectivity index (χ4v) is 4.83. The van der Waals surface area contributed by atoms with Crippen LogP contribution in [0.25, 0.3) is 0 Å². The zero-order chi connectivity index (χ0) is 21.3. The zero-order valence-electron chi connectivity index (χ0n) is 16.5. The lowest BCUT2D eigenvalue weighted by Crippen LogP contribution is -2.65. The van der Waals surface area contributed by atoms with Gasteiger partial charge in [0.1, 0.15) is 30.5 Å². The molecule has 0 aromatic carbocycles. The van der Waals surface area contributed by atoms with Crippen LogP contribution in [0.15, 0.2) is 0 Å². The number of hydrogen-bond donors (Lipinski definition) is 6. The van der Waals surface area contributed by atoms with Gasteiger partial charge in [-0.1, -0.05) is 0 Å². The molecule has 4 rings (SSSR count). The van der Waals surface area contributed by atoms with E-state index in [9.17, 15) is 30.6 Å². The molecule has 11 nitrogen and oxygen atoms in total. The highest BCUT2D eigenvalue weighted by Gasteiger charge is 2.71. The van der Waals surface area contributed by atoms with Gasteiger partial charge in [0.05, 0.1) is 31.0 Å². The monoisotopic (exact) mass is 422 g/mol. The number of aliphatic hydroxyl groups excluding tert-OH is 3. The van der Waals surface area contributed by atoms with Crippen LogP contribution in [-0.4, -0.2) is 111 Å². The molecule has 4 fully saturated rings. The molecule has 0 amide bonds. The molecule has 3 saturated heterocycles. The number of fused-ring (bicyclic) bond motifs is 3. The minimum Gasteiger partial charge on any atom is -0.394 e. The van der Waals surface area contributed by atoms with Gasteiger partial charge >= 0.3 is 0 Å². The molecule has 0 aromatic heterocycles. The van der Waals surface area contributed by atoms with Gasteiger partial charge in [0.25, 0.3) is 0 Å². The number of hydrogen-bond acceptors (Lipinski definition) is 11. The minimum atomic E-state index is -2.51. The van der Waals surface area contributed by atoms with Gasteiger partial charge in [0, 0.05) is 11.8 Å². The Hall–Kier alpha value is -0.440. The van der Waals surface area contributed by atoms with Crippen LogP contribution in [0.5, 0.6) is 0 Å². The van der Waals surface area contributed by atoms with E-state index in [-0.39, 0.29) is 12.7 Å². The highest BCUT2D eigenvalue weighted by atomic mass is 16.8. The summed E-state index contributed by atoms with van der Waals surface area (Å²) in [4.78, 5) is 0. The summed E-state index contributed by atoms with van der Waals surface area (Å²) in [5.41, 5.74) is -1.34. The summed E-state index contributed by atoms with van der Waals surface area (Å²) >= 11 is 0. The lowest BCUT2D eigenvalue weighted by molar-refractivity contribution is -0.397. The summed E-state index contributed by atoms with van der Waals surface area (Å²) in [7, 11) is 0. The van der Waals surface area contributed by atoms with Gasteiger partial charge in [0.2, 0.25) is 12.1 Å². The second kappa shape index (κ2) is 7.31. The van der Waals surface area contributed by atoms with Gasteiger partial charge < -0.3 is 54.3 Å². The molecule has 0 aromatic rings. The maximum atomic E-state index is 10.7. The summed E-state index contributed by atoms with van der Waals surface area (Å²) < 4.78 is 27.9. The van der Waals surface area contributed by atoms with E-state index in [1.54, 1.807) is 13.8 Å². The standard InChI is InChI=1S/C18H30O11/c1-6(2)26-16-18(23,24)14-13(8(28-16)5-25-14)29-15-12(21)10-9(17(10,3)22)11(20)7(4-19)27-15/h6-16,19-24H,4-5H2,1-3H3/t7?,8?,9-,10?,11?,12?,13-,14?,15+,16-,17?/m1/s1. The van der Waals surface area contributed by atoms with Gasteiger partial charge in [-0.2, -0.15) is 0 Å². The summed E-state index contributed by atoms with van der Waals surface area (Å²) in [5, 5.41) is 62.2.